The lowest BCUT2D eigenvalue weighted by molar-refractivity contribution is -0.161. The molecule has 0 atom stereocenters. The van der Waals surface area contributed by atoms with Gasteiger partial charge in [-0.25, -0.2) is 0 Å². The number of amidine groups is 1. The van der Waals surface area contributed by atoms with E-state index < -0.39 is 0 Å². The van der Waals surface area contributed by atoms with Crippen molar-refractivity contribution in [2.45, 2.75) is 58.3 Å². The SMILES string of the molecule is Cc1c(NC2=NCCC2)cccc1OC(=O)C12CC3CC(CC(C3)C1)C2.Cl. The molecule has 0 spiro atoms. The molecule has 1 aliphatic heterocycles. The van der Waals surface area contributed by atoms with Gasteiger partial charge in [0.2, 0.25) is 0 Å². The normalized spacial score (nSPS) is 33.4. The second kappa shape index (κ2) is 7.12. The summed E-state index contributed by atoms with van der Waals surface area (Å²) in [5.41, 5.74) is 1.79. The van der Waals surface area contributed by atoms with E-state index >= 15 is 0 Å². The van der Waals surface area contributed by atoms with Gasteiger partial charge in [0.15, 0.2) is 0 Å². The average molecular weight is 389 g/mol. The topological polar surface area (TPSA) is 50.7 Å². The first-order valence-electron chi connectivity index (χ1n) is 10.2. The molecule has 1 N–H and O–H groups in total. The smallest absolute Gasteiger partial charge is 0.317 e. The monoisotopic (exact) mass is 388 g/mol. The molecule has 4 aliphatic carbocycles. The Morgan fingerprint density at radius 1 is 1.15 bits per heavy atom. The molecule has 1 heterocycles. The van der Waals surface area contributed by atoms with Crippen molar-refractivity contribution in [3.63, 3.8) is 0 Å². The predicted octanol–water partition coefficient (Wildman–Crippen LogP) is 5.14. The fourth-order valence-electron chi connectivity index (χ4n) is 6.23. The summed E-state index contributed by atoms with van der Waals surface area (Å²) < 4.78 is 6.02. The number of hydrogen-bond acceptors (Lipinski definition) is 4. The van der Waals surface area contributed by atoms with Gasteiger partial charge in [0.25, 0.3) is 0 Å². The van der Waals surface area contributed by atoms with Gasteiger partial charge in [-0.1, -0.05) is 6.07 Å². The van der Waals surface area contributed by atoms with E-state index in [1.165, 1.54) is 19.3 Å². The summed E-state index contributed by atoms with van der Waals surface area (Å²) in [6.07, 6.45) is 9.27. The van der Waals surface area contributed by atoms with Crippen LogP contribution < -0.4 is 10.1 Å². The van der Waals surface area contributed by atoms with Gasteiger partial charge in [-0.15, -0.1) is 12.4 Å². The number of hydrogen-bond donors (Lipinski definition) is 1. The van der Waals surface area contributed by atoms with Gasteiger partial charge >= 0.3 is 5.97 Å². The van der Waals surface area contributed by atoms with Crippen molar-refractivity contribution in [1.29, 1.82) is 0 Å². The second-order valence-corrected chi connectivity index (χ2v) is 9.07. The quantitative estimate of drug-likeness (QED) is 0.576. The van der Waals surface area contributed by atoms with Crippen LogP contribution in [0.3, 0.4) is 0 Å². The number of carbonyl (C=O) groups excluding carboxylic acids is 1. The van der Waals surface area contributed by atoms with E-state index in [2.05, 4.69) is 10.3 Å². The summed E-state index contributed by atoms with van der Waals surface area (Å²) in [7, 11) is 0. The Hall–Kier alpha value is -1.55. The van der Waals surface area contributed by atoms with E-state index in [-0.39, 0.29) is 23.8 Å². The molecule has 0 saturated heterocycles. The van der Waals surface area contributed by atoms with Crippen LogP contribution in [0, 0.1) is 30.1 Å². The van der Waals surface area contributed by atoms with E-state index in [1.54, 1.807) is 0 Å². The Morgan fingerprint density at radius 3 is 2.41 bits per heavy atom. The Bertz CT molecular complexity index is 738. The molecule has 27 heavy (non-hydrogen) atoms. The van der Waals surface area contributed by atoms with Crippen LogP contribution in [0.4, 0.5) is 5.69 Å². The van der Waals surface area contributed by atoms with Crippen LogP contribution in [0.5, 0.6) is 5.75 Å². The zero-order valence-electron chi connectivity index (χ0n) is 16.0. The number of ether oxygens (including phenoxy) is 1. The summed E-state index contributed by atoms with van der Waals surface area (Å²) >= 11 is 0. The largest absolute Gasteiger partial charge is 0.426 e. The summed E-state index contributed by atoms with van der Waals surface area (Å²) in [6.45, 7) is 2.93. The minimum absolute atomic E-state index is 0. The van der Waals surface area contributed by atoms with Gasteiger partial charge in [0.05, 0.1) is 5.41 Å². The van der Waals surface area contributed by atoms with Crippen LogP contribution in [-0.2, 0) is 4.79 Å². The van der Waals surface area contributed by atoms with Gasteiger partial charge in [-0.3, -0.25) is 9.79 Å². The molecular weight excluding hydrogens is 360 g/mol. The number of nitrogens with one attached hydrogen (secondary N) is 1. The molecule has 5 aliphatic rings. The summed E-state index contributed by atoms with van der Waals surface area (Å²) in [4.78, 5) is 17.7. The lowest BCUT2D eigenvalue weighted by Crippen LogP contribution is -2.51. The number of nitrogens with zero attached hydrogens (tertiary/aromatic N) is 1. The van der Waals surface area contributed by atoms with Crippen molar-refractivity contribution in [2.75, 3.05) is 11.9 Å². The third-order valence-corrected chi connectivity index (χ3v) is 7.11. The molecule has 0 amide bonds. The van der Waals surface area contributed by atoms with Crippen molar-refractivity contribution >= 4 is 29.9 Å². The lowest BCUT2D eigenvalue weighted by atomic mass is 9.49. The van der Waals surface area contributed by atoms with E-state index in [0.29, 0.717) is 5.75 Å². The van der Waals surface area contributed by atoms with E-state index in [1.807, 2.05) is 25.1 Å². The molecule has 1 aromatic rings. The molecule has 0 aromatic heterocycles. The number of halogens is 1. The number of aliphatic imine (C=N–C) groups is 1. The summed E-state index contributed by atoms with van der Waals surface area (Å²) in [5, 5.41) is 3.42. The Morgan fingerprint density at radius 2 is 1.81 bits per heavy atom. The Balaban J connectivity index is 0.00000180. The highest BCUT2D eigenvalue weighted by molar-refractivity contribution is 5.97. The molecule has 4 fully saturated rings. The molecule has 1 aromatic carbocycles. The third kappa shape index (κ3) is 3.37. The molecule has 0 radical (unpaired) electrons. The maximum absolute atomic E-state index is 13.2. The number of carbonyl (C=O) groups is 1. The maximum Gasteiger partial charge on any atom is 0.317 e. The molecule has 0 unspecified atom stereocenters. The van der Waals surface area contributed by atoms with Gasteiger partial charge in [0, 0.05) is 24.2 Å². The van der Waals surface area contributed by atoms with Crippen LogP contribution in [0.1, 0.15) is 56.9 Å². The average Bonchev–Trinajstić information content (AvgIpc) is 3.10. The number of esters is 1. The molecule has 6 rings (SSSR count). The van der Waals surface area contributed by atoms with Gasteiger partial charge in [0.1, 0.15) is 11.6 Å². The number of rotatable bonds is 3. The first-order valence-corrected chi connectivity index (χ1v) is 10.2. The van der Waals surface area contributed by atoms with Crippen LogP contribution in [0.25, 0.3) is 0 Å². The zero-order valence-corrected chi connectivity index (χ0v) is 16.8. The Labute approximate surface area is 167 Å². The standard InChI is InChI=1S/C22H28N2O2.ClH/c1-14-18(24-20-6-3-7-23-20)4-2-5-19(14)26-21(25)22-11-15-8-16(12-22)10-17(9-15)13-22;/h2,4-5,15-17H,3,6-13H2,1H3,(H,23,24);1H. The first kappa shape index (κ1) is 18.8. The van der Waals surface area contributed by atoms with E-state index in [4.69, 9.17) is 4.74 Å². The molecule has 4 saturated carbocycles. The van der Waals surface area contributed by atoms with Crippen LogP contribution in [-0.4, -0.2) is 18.3 Å². The second-order valence-electron chi connectivity index (χ2n) is 9.07. The van der Waals surface area contributed by atoms with Crippen molar-refractivity contribution in [2.24, 2.45) is 28.2 Å². The van der Waals surface area contributed by atoms with Crippen LogP contribution >= 0.6 is 12.4 Å². The van der Waals surface area contributed by atoms with Gasteiger partial charge in [-0.2, -0.15) is 0 Å². The molecular formula is C22H29ClN2O2. The lowest BCUT2D eigenvalue weighted by Gasteiger charge is -2.55. The van der Waals surface area contributed by atoms with Crippen molar-refractivity contribution < 1.29 is 9.53 Å². The Kier molecular flexibility index (Phi) is 4.96. The van der Waals surface area contributed by atoms with Gasteiger partial charge < -0.3 is 10.1 Å². The molecule has 146 valence electrons. The van der Waals surface area contributed by atoms with Crippen molar-refractivity contribution in [1.82, 2.24) is 0 Å². The summed E-state index contributed by atoms with van der Waals surface area (Å²) in [5.74, 6) is 4.02. The van der Waals surface area contributed by atoms with Crippen LogP contribution in [0.15, 0.2) is 23.2 Å². The zero-order chi connectivity index (χ0) is 17.7. The van der Waals surface area contributed by atoms with Crippen molar-refractivity contribution in [3.8, 4) is 5.75 Å². The van der Waals surface area contributed by atoms with Crippen molar-refractivity contribution in [3.05, 3.63) is 23.8 Å². The van der Waals surface area contributed by atoms with E-state index in [9.17, 15) is 4.79 Å². The summed E-state index contributed by atoms with van der Waals surface area (Å²) in [6, 6.07) is 5.93. The highest BCUT2D eigenvalue weighted by Gasteiger charge is 2.55. The fourth-order valence-corrected chi connectivity index (χ4v) is 6.23. The maximum atomic E-state index is 13.2. The predicted molar refractivity (Wildman–Crippen MR) is 110 cm³/mol. The highest BCUT2D eigenvalue weighted by Crippen LogP contribution is 2.60. The van der Waals surface area contributed by atoms with Gasteiger partial charge in [-0.05, 0) is 81.8 Å². The third-order valence-electron chi connectivity index (χ3n) is 7.11. The molecule has 5 heteroatoms. The highest BCUT2D eigenvalue weighted by atomic mass is 35.5. The van der Waals surface area contributed by atoms with E-state index in [0.717, 1.165) is 73.5 Å². The van der Waals surface area contributed by atoms with Crippen LogP contribution in [0.2, 0.25) is 0 Å². The molecule has 4 nitrogen and oxygen atoms in total. The fraction of sp³-hybridized carbons (Fsp3) is 0.636. The number of benzene rings is 1. The molecule has 4 bridgehead atoms. The first-order chi connectivity index (χ1) is 12.6. The minimum atomic E-state index is -0.208. The number of anilines is 1. The minimum Gasteiger partial charge on any atom is -0.426 e.